The Kier molecular flexibility index (Phi) is 4.98. The Morgan fingerprint density at radius 2 is 1.52 bits per heavy atom. The van der Waals surface area contributed by atoms with E-state index in [9.17, 15) is 13.2 Å². The van der Waals surface area contributed by atoms with Crippen LogP contribution in [0.5, 0.6) is 0 Å². The molecule has 5 fully saturated rings. The van der Waals surface area contributed by atoms with Crippen molar-refractivity contribution in [3.8, 4) is 0 Å². The van der Waals surface area contributed by atoms with E-state index in [-0.39, 0.29) is 11.3 Å². The van der Waals surface area contributed by atoms with E-state index in [2.05, 4.69) is 5.32 Å². The molecule has 158 valence electrons. The highest BCUT2D eigenvalue weighted by atomic mass is 32.2. The van der Waals surface area contributed by atoms with E-state index in [1.807, 2.05) is 6.07 Å². The third-order valence-corrected chi connectivity index (χ3v) is 9.94. The standard InChI is InChI=1S/C23H32N2O3S/c26-22(23-13-18-10-19(14-23)12-20(11-18)15-23)24-16-17-6-8-25(9-7-17)29(27,28)21-4-2-1-3-5-21/h1-5,17-20H,6-16H2,(H,24,26). The Hall–Kier alpha value is -1.40. The lowest BCUT2D eigenvalue weighted by atomic mass is 9.49. The van der Waals surface area contributed by atoms with Crippen LogP contribution in [0.25, 0.3) is 0 Å². The molecule has 4 aliphatic carbocycles. The zero-order valence-corrected chi connectivity index (χ0v) is 17.9. The van der Waals surface area contributed by atoms with Gasteiger partial charge in [0, 0.05) is 25.0 Å². The van der Waals surface area contributed by atoms with Crippen molar-refractivity contribution in [3.05, 3.63) is 30.3 Å². The maximum absolute atomic E-state index is 13.1. The lowest BCUT2D eigenvalue weighted by Crippen LogP contribution is -2.54. The Bertz CT molecular complexity index is 824. The van der Waals surface area contributed by atoms with Crippen LogP contribution in [0.1, 0.15) is 51.4 Å². The minimum Gasteiger partial charge on any atom is -0.355 e. The second kappa shape index (κ2) is 7.38. The number of benzene rings is 1. The minimum atomic E-state index is -3.40. The third-order valence-electron chi connectivity index (χ3n) is 8.03. The molecule has 0 atom stereocenters. The fourth-order valence-electron chi connectivity index (χ4n) is 6.91. The number of nitrogens with one attached hydrogen (secondary N) is 1. The summed E-state index contributed by atoms with van der Waals surface area (Å²) in [6.45, 7) is 1.77. The van der Waals surface area contributed by atoms with Crippen molar-refractivity contribution >= 4 is 15.9 Å². The molecule has 1 N–H and O–H groups in total. The first-order valence-corrected chi connectivity index (χ1v) is 12.7. The highest BCUT2D eigenvalue weighted by molar-refractivity contribution is 7.89. The normalized spacial score (nSPS) is 35.0. The number of amides is 1. The zero-order valence-electron chi connectivity index (χ0n) is 17.1. The number of carbonyl (C=O) groups excluding carboxylic acids is 1. The van der Waals surface area contributed by atoms with E-state index in [1.165, 1.54) is 19.3 Å². The minimum absolute atomic E-state index is 0.0912. The van der Waals surface area contributed by atoms with Crippen LogP contribution in [0.4, 0.5) is 0 Å². The average molecular weight is 417 g/mol. The van der Waals surface area contributed by atoms with E-state index < -0.39 is 10.0 Å². The SMILES string of the molecule is O=C(NCC1CCN(S(=O)(=O)c2ccccc2)CC1)C12CC3CC(CC(C3)C1)C2. The van der Waals surface area contributed by atoms with Gasteiger partial charge in [-0.1, -0.05) is 18.2 Å². The van der Waals surface area contributed by atoms with Crippen LogP contribution in [0.15, 0.2) is 35.2 Å². The highest BCUT2D eigenvalue weighted by Gasteiger charge is 2.54. The van der Waals surface area contributed by atoms with Crippen LogP contribution in [0.2, 0.25) is 0 Å². The Morgan fingerprint density at radius 3 is 2.07 bits per heavy atom. The van der Waals surface area contributed by atoms with Crippen molar-refractivity contribution in [1.82, 2.24) is 9.62 Å². The lowest BCUT2D eigenvalue weighted by molar-refractivity contribution is -0.146. The van der Waals surface area contributed by atoms with Gasteiger partial charge in [-0.15, -0.1) is 0 Å². The molecule has 29 heavy (non-hydrogen) atoms. The van der Waals surface area contributed by atoms with Crippen LogP contribution in [0.3, 0.4) is 0 Å². The van der Waals surface area contributed by atoms with Crippen LogP contribution in [-0.2, 0) is 14.8 Å². The number of hydrogen-bond donors (Lipinski definition) is 1. The van der Waals surface area contributed by atoms with Gasteiger partial charge in [-0.25, -0.2) is 8.42 Å². The van der Waals surface area contributed by atoms with Gasteiger partial charge in [0.15, 0.2) is 0 Å². The number of carbonyl (C=O) groups is 1. The molecule has 6 rings (SSSR count). The van der Waals surface area contributed by atoms with Gasteiger partial charge in [0.25, 0.3) is 0 Å². The van der Waals surface area contributed by atoms with E-state index in [1.54, 1.807) is 28.6 Å². The Morgan fingerprint density at radius 1 is 0.966 bits per heavy atom. The summed E-state index contributed by atoms with van der Waals surface area (Å²) in [7, 11) is -3.40. The zero-order chi connectivity index (χ0) is 20.1. The van der Waals surface area contributed by atoms with Gasteiger partial charge in [0.05, 0.1) is 4.90 Å². The first-order valence-electron chi connectivity index (χ1n) is 11.3. The molecule has 1 amide bonds. The number of rotatable bonds is 5. The number of piperidine rings is 1. The van der Waals surface area contributed by atoms with Crippen molar-refractivity contribution in [2.24, 2.45) is 29.1 Å². The molecule has 5 nitrogen and oxygen atoms in total. The molecule has 4 bridgehead atoms. The molecule has 1 heterocycles. The van der Waals surface area contributed by atoms with Gasteiger partial charge in [-0.2, -0.15) is 4.31 Å². The maximum atomic E-state index is 13.1. The van der Waals surface area contributed by atoms with Gasteiger partial charge in [-0.3, -0.25) is 4.79 Å². The molecule has 0 spiro atoms. The number of nitrogens with zero attached hydrogens (tertiary/aromatic N) is 1. The molecule has 0 unspecified atom stereocenters. The van der Waals surface area contributed by atoms with Gasteiger partial charge in [-0.05, 0) is 87.2 Å². The molecule has 1 saturated heterocycles. The molecule has 0 aromatic heterocycles. The van der Waals surface area contributed by atoms with Crippen LogP contribution < -0.4 is 5.32 Å². The smallest absolute Gasteiger partial charge is 0.243 e. The third kappa shape index (κ3) is 3.63. The van der Waals surface area contributed by atoms with Crippen molar-refractivity contribution in [2.75, 3.05) is 19.6 Å². The van der Waals surface area contributed by atoms with Crippen molar-refractivity contribution < 1.29 is 13.2 Å². The second-order valence-corrected chi connectivity index (χ2v) is 12.0. The van der Waals surface area contributed by atoms with Gasteiger partial charge in [0.2, 0.25) is 15.9 Å². The van der Waals surface area contributed by atoms with Gasteiger partial charge < -0.3 is 5.32 Å². The first kappa shape index (κ1) is 19.6. The summed E-state index contributed by atoms with van der Waals surface area (Å²) in [6, 6.07) is 8.68. The molecule has 4 saturated carbocycles. The monoisotopic (exact) mass is 416 g/mol. The van der Waals surface area contributed by atoms with E-state index in [4.69, 9.17) is 0 Å². The summed E-state index contributed by atoms with van der Waals surface area (Å²) in [5, 5.41) is 3.29. The molecule has 0 radical (unpaired) electrons. The van der Waals surface area contributed by atoms with E-state index >= 15 is 0 Å². The quantitative estimate of drug-likeness (QED) is 0.800. The molecular formula is C23H32N2O3S. The number of sulfonamides is 1. The van der Waals surface area contributed by atoms with Gasteiger partial charge >= 0.3 is 0 Å². The highest BCUT2D eigenvalue weighted by Crippen LogP contribution is 2.60. The molecule has 5 aliphatic rings. The van der Waals surface area contributed by atoms with E-state index in [0.717, 1.165) is 49.9 Å². The predicted molar refractivity (Wildman–Crippen MR) is 112 cm³/mol. The first-order chi connectivity index (χ1) is 13.9. The summed E-state index contributed by atoms with van der Waals surface area (Å²) in [5.41, 5.74) is -0.0912. The molecular weight excluding hydrogens is 384 g/mol. The summed E-state index contributed by atoms with van der Waals surface area (Å²) in [6.07, 6.45) is 8.96. The van der Waals surface area contributed by atoms with Gasteiger partial charge in [0.1, 0.15) is 0 Å². The molecule has 1 aromatic carbocycles. The molecule has 6 heteroatoms. The second-order valence-electron chi connectivity index (χ2n) is 10.1. The Balaban J connectivity index is 1.15. The Labute approximate surface area is 174 Å². The van der Waals surface area contributed by atoms with Crippen LogP contribution in [0, 0.1) is 29.1 Å². The maximum Gasteiger partial charge on any atom is 0.243 e. The summed E-state index contributed by atoms with van der Waals surface area (Å²) in [5.74, 6) is 2.99. The van der Waals surface area contributed by atoms with E-state index in [0.29, 0.717) is 30.4 Å². The molecule has 1 aromatic rings. The largest absolute Gasteiger partial charge is 0.355 e. The fraction of sp³-hybridized carbons (Fsp3) is 0.696. The fourth-order valence-corrected chi connectivity index (χ4v) is 8.40. The lowest BCUT2D eigenvalue weighted by Gasteiger charge is -2.55. The van der Waals surface area contributed by atoms with Crippen molar-refractivity contribution in [2.45, 2.75) is 56.3 Å². The van der Waals surface area contributed by atoms with Crippen molar-refractivity contribution in [3.63, 3.8) is 0 Å². The van der Waals surface area contributed by atoms with Crippen molar-refractivity contribution in [1.29, 1.82) is 0 Å². The number of hydrogen-bond acceptors (Lipinski definition) is 3. The van der Waals surface area contributed by atoms with Crippen LogP contribution >= 0.6 is 0 Å². The predicted octanol–water partition coefficient (Wildman–Crippen LogP) is 3.42. The average Bonchev–Trinajstić information content (AvgIpc) is 2.72. The van der Waals surface area contributed by atoms with Crippen LogP contribution in [-0.4, -0.2) is 38.3 Å². The topological polar surface area (TPSA) is 66.5 Å². The molecule has 1 aliphatic heterocycles. The summed E-state index contributed by atoms with van der Waals surface area (Å²) >= 11 is 0. The summed E-state index contributed by atoms with van der Waals surface area (Å²) in [4.78, 5) is 13.5. The summed E-state index contributed by atoms with van der Waals surface area (Å²) < 4.78 is 27.1.